The van der Waals surface area contributed by atoms with Gasteiger partial charge in [-0.05, 0) is 54.2 Å². The third-order valence-electron chi connectivity index (χ3n) is 4.39. The zero-order valence-electron chi connectivity index (χ0n) is 14.5. The van der Waals surface area contributed by atoms with E-state index < -0.39 is 0 Å². The minimum absolute atomic E-state index is 0.172. The molecule has 0 bridgehead atoms. The molecule has 0 atom stereocenters. The highest BCUT2D eigenvalue weighted by atomic mass is 35.5. The minimum atomic E-state index is -0.379. The first kappa shape index (κ1) is 18.9. The number of thiocarbonyl (C=S) groups is 1. The number of ether oxygens (including phenoxy) is 1. The van der Waals surface area contributed by atoms with Crippen molar-refractivity contribution < 1.29 is 9.13 Å². The van der Waals surface area contributed by atoms with Crippen LogP contribution in [0, 0.1) is 5.82 Å². The molecule has 1 aliphatic rings. The van der Waals surface area contributed by atoms with Crippen LogP contribution in [-0.4, -0.2) is 48.2 Å². The smallest absolute Gasteiger partial charge is 0.173 e. The van der Waals surface area contributed by atoms with Gasteiger partial charge in [0.1, 0.15) is 11.6 Å². The second kappa shape index (κ2) is 8.66. The first-order valence-corrected chi connectivity index (χ1v) is 9.20. The lowest BCUT2D eigenvalue weighted by atomic mass is 10.2. The van der Waals surface area contributed by atoms with Gasteiger partial charge in [0.15, 0.2) is 5.11 Å². The number of benzene rings is 2. The minimum Gasteiger partial charge on any atom is -0.497 e. The summed E-state index contributed by atoms with van der Waals surface area (Å²) in [6.07, 6.45) is 0. The molecule has 138 valence electrons. The maximum absolute atomic E-state index is 13.3. The highest BCUT2D eigenvalue weighted by molar-refractivity contribution is 7.80. The van der Waals surface area contributed by atoms with Crippen LogP contribution in [-0.2, 0) is 6.54 Å². The van der Waals surface area contributed by atoms with Crippen molar-refractivity contribution in [3.63, 3.8) is 0 Å². The monoisotopic (exact) mass is 393 g/mol. The summed E-state index contributed by atoms with van der Waals surface area (Å²) in [5.74, 6) is 0.436. The molecule has 0 unspecified atom stereocenters. The summed E-state index contributed by atoms with van der Waals surface area (Å²) in [4.78, 5) is 4.48. The van der Waals surface area contributed by atoms with Gasteiger partial charge in [0.2, 0.25) is 0 Å². The average Bonchev–Trinajstić information content (AvgIpc) is 2.66. The second-order valence-corrected chi connectivity index (χ2v) is 6.96. The highest BCUT2D eigenvalue weighted by Crippen LogP contribution is 2.19. The molecule has 0 saturated carbocycles. The molecular formula is C19H21ClFN3OS. The molecule has 2 aromatic carbocycles. The zero-order chi connectivity index (χ0) is 18.5. The lowest BCUT2D eigenvalue weighted by Gasteiger charge is -2.36. The van der Waals surface area contributed by atoms with Crippen molar-refractivity contribution in [2.75, 3.05) is 38.6 Å². The maximum atomic E-state index is 13.3. The van der Waals surface area contributed by atoms with Gasteiger partial charge < -0.3 is 15.0 Å². The van der Waals surface area contributed by atoms with Crippen molar-refractivity contribution >= 4 is 34.6 Å². The largest absolute Gasteiger partial charge is 0.497 e. The first-order valence-electron chi connectivity index (χ1n) is 8.41. The predicted octanol–water partition coefficient (Wildman–Crippen LogP) is 4.00. The maximum Gasteiger partial charge on any atom is 0.173 e. The van der Waals surface area contributed by atoms with Crippen molar-refractivity contribution in [1.29, 1.82) is 0 Å². The molecule has 1 N–H and O–H groups in total. The van der Waals surface area contributed by atoms with Gasteiger partial charge >= 0.3 is 0 Å². The number of rotatable bonds is 4. The summed E-state index contributed by atoms with van der Waals surface area (Å²) < 4.78 is 18.4. The summed E-state index contributed by atoms with van der Waals surface area (Å²) >= 11 is 11.4. The molecule has 3 rings (SSSR count). The Morgan fingerprint density at radius 1 is 1.15 bits per heavy atom. The van der Waals surface area contributed by atoms with Crippen molar-refractivity contribution in [1.82, 2.24) is 9.80 Å². The number of methoxy groups -OCH3 is 1. The average molecular weight is 394 g/mol. The van der Waals surface area contributed by atoms with Gasteiger partial charge in [0, 0.05) is 38.4 Å². The Morgan fingerprint density at radius 3 is 2.46 bits per heavy atom. The van der Waals surface area contributed by atoms with Gasteiger partial charge in [-0.1, -0.05) is 17.7 Å². The van der Waals surface area contributed by atoms with Gasteiger partial charge in [-0.3, -0.25) is 4.90 Å². The van der Waals surface area contributed by atoms with E-state index in [1.165, 1.54) is 6.07 Å². The number of nitrogens with one attached hydrogen (secondary N) is 1. The SMILES string of the molecule is COc1ccc(NC(=S)N2CCN(Cc3ccc(F)c(Cl)c3)CC2)cc1. The fraction of sp³-hybridized carbons (Fsp3) is 0.316. The summed E-state index contributed by atoms with van der Waals surface area (Å²) in [5.41, 5.74) is 1.96. The molecule has 2 aromatic rings. The van der Waals surface area contributed by atoms with Crippen molar-refractivity contribution in [3.8, 4) is 5.75 Å². The summed E-state index contributed by atoms with van der Waals surface area (Å²) in [7, 11) is 1.65. The molecule has 0 spiro atoms. The van der Waals surface area contributed by atoms with Crippen molar-refractivity contribution in [3.05, 3.63) is 58.9 Å². The quantitative estimate of drug-likeness (QED) is 0.792. The Balaban J connectivity index is 1.49. The zero-order valence-corrected chi connectivity index (χ0v) is 16.1. The van der Waals surface area contributed by atoms with Crippen LogP contribution >= 0.6 is 23.8 Å². The number of halogens is 2. The van der Waals surface area contributed by atoms with Crippen LogP contribution in [0.25, 0.3) is 0 Å². The van der Waals surface area contributed by atoms with Gasteiger partial charge in [-0.15, -0.1) is 0 Å². The molecular weight excluding hydrogens is 373 g/mol. The number of hydrogen-bond acceptors (Lipinski definition) is 3. The van der Waals surface area contributed by atoms with Gasteiger partial charge in [-0.2, -0.15) is 0 Å². The van der Waals surface area contributed by atoms with E-state index in [-0.39, 0.29) is 10.8 Å². The van der Waals surface area contributed by atoms with E-state index in [0.29, 0.717) is 0 Å². The lowest BCUT2D eigenvalue weighted by molar-refractivity contribution is 0.177. The molecule has 1 saturated heterocycles. The van der Waals surface area contributed by atoms with Crippen LogP contribution in [0.15, 0.2) is 42.5 Å². The summed E-state index contributed by atoms with van der Waals surface area (Å²) in [5, 5.41) is 4.16. The van der Waals surface area contributed by atoms with E-state index in [1.54, 1.807) is 19.2 Å². The lowest BCUT2D eigenvalue weighted by Crippen LogP contribution is -2.49. The van der Waals surface area contributed by atoms with E-state index in [4.69, 9.17) is 28.6 Å². The van der Waals surface area contributed by atoms with Crippen LogP contribution < -0.4 is 10.1 Å². The fourth-order valence-corrected chi connectivity index (χ4v) is 3.39. The van der Waals surface area contributed by atoms with Crippen LogP contribution in [0.1, 0.15) is 5.56 Å². The molecule has 7 heteroatoms. The Labute approximate surface area is 163 Å². The molecule has 0 aromatic heterocycles. The highest BCUT2D eigenvalue weighted by Gasteiger charge is 2.19. The first-order chi connectivity index (χ1) is 12.5. The molecule has 1 fully saturated rings. The standard InChI is InChI=1S/C19H21ClFN3OS/c1-25-16-5-3-15(4-6-16)22-19(26)24-10-8-23(9-11-24)13-14-2-7-18(21)17(20)12-14/h2-7,12H,8-11,13H2,1H3,(H,22,26). The van der Waals surface area contributed by atoms with Crippen molar-refractivity contribution in [2.45, 2.75) is 6.54 Å². The third-order valence-corrected chi connectivity index (χ3v) is 5.04. The molecule has 4 nitrogen and oxygen atoms in total. The van der Waals surface area contributed by atoms with E-state index >= 15 is 0 Å². The molecule has 1 aliphatic heterocycles. The number of anilines is 1. The second-order valence-electron chi connectivity index (χ2n) is 6.17. The predicted molar refractivity (Wildman–Crippen MR) is 107 cm³/mol. The Morgan fingerprint density at radius 2 is 1.85 bits per heavy atom. The molecule has 0 amide bonds. The van der Waals surface area contributed by atoms with E-state index in [1.807, 2.05) is 24.3 Å². The van der Waals surface area contributed by atoms with E-state index in [9.17, 15) is 4.39 Å². The molecule has 26 heavy (non-hydrogen) atoms. The van der Waals surface area contributed by atoms with Crippen LogP contribution in [0.5, 0.6) is 5.75 Å². The Hall–Kier alpha value is -1.89. The molecule has 0 radical (unpaired) electrons. The van der Waals surface area contributed by atoms with Gasteiger partial charge in [-0.25, -0.2) is 4.39 Å². The Kier molecular flexibility index (Phi) is 6.29. The number of hydrogen-bond donors (Lipinski definition) is 1. The van der Waals surface area contributed by atoms with E-state index in [0.717, 1.165) is 54.8 Å². The normalized spacial score (nSPS) is 15.0. The fourth-order valence-electron chi connectivity index (χ4n) is 2.88. The molecule has 0 aliphatic carbocycles. The van der Waals surface area contributed by atoms with Gasteiger partial charge in [0.05, 0.1) is 12.1 Å². The van der Waals surface area contributed by atoms with Crippen LogP contribution in [0.3, 0.4) is 0 Å². The van der Waals surface area contributed by atoms with Crippen molar-refractivity contribution in [2.24, 2.45) is 0 Å². The number of piperazine rings is 1. The van der Waals surface area contributed by atoms with E-state index in [2.05, 4.69) is 15.1 Å². The summed E-state index contributed by atoms with van der Waals surface area (Å²) in [6.45, 7) is 4.22. The number of nitrogens with zero attached hydrogens (tertiary/aromatic N) is 2. The van der Waals surface area contributed by atoms with Crippen LogP contribution in [0.2, 0.25) is 5.02 Å². The van der Waals surface area contributed by atoms with Gasteiger partial charge in [0.25, 0.3) is 0 Å². The topological polar surface area (TPSA) is 27.7 Å². The Bertz CT molecular complexity index is 764. The summed E-state index contributed by atoms with van der Waals surface area (Å²) in [6, 6.07) is 12.6. The molecule has 1 heterocycles. The third kappa shape index (κ3) is 4.84. The van der Waals surface area contributed by atoms with Crippen LogP contribution in [0.4, 0.5) is 10.1 Å².